The molecular formula is C23H28FN3. The lowest BCUT2D eigenvalue weighted by molar-refractivity contribution is 0.477. The van der Waals surface area contributed by atoms with Gasteiger partial charge in [0.25, 0.3) is 0 Å². The summed E-state index contributed by atoms with van der Waals surface area (Å²) in [6.45, 7) is 13.1. The third-order valence-corrected chi connectivity index (χ3v) is 5.40. The molecule has 0 saturated carbocycles. The number of piperidine rings is 1. The summed E-state index contributed by atoms with van der Waals surface area (Å²) in [6.07, 6.45) is 3.10. The number of benzene rings is 2. The summed E-state index contributed by atoms with van der Waals surface area (Å²) in [5.74, 6) is 0.373. The maximum atomic E-state index is 14.3. The smallest absolute Gasteiger partial charge is 0.190 e. The van der Waals surface area contributed by atoms with Gasteiger partial charge in [-0.05, 0) is 55.0 Å². The third-order valence-electron chi connectivity index (χ3n) is 5.40. The van der Waals surface area contributed by atoms with E-state index in [0.29, 0.717) is 23.3 Å². The van der Waals surface area contributed by atoms with Crippen molar-refractivity contribution >= 4 is 17.1 Å². The molecule has 27 heavy (non-hydrogen) atoms. The van der Waals surface area contributed by atoms with Gasteiger partial charge in [0.15, 0.2) is 5.69 Å². The Kier molecular flexibility index (Phi) is 6.01. The molecule has 4 heteroatoms. The Morgan fingerprint density at radius 3 is 2.37 bits per heavy atom. The topological polar surface area (TPSA) is 10.8 Å². The van der Waals surface area contributed by atoms with Crippen LogP contribution in [0.2, 0.25) is 0 Å². The summed E-state index contributed by atoms with van der Waals surface area (Å²) in [6, 6.07) is 14.1. The minimum atomic E-state index is -0.295. The van der Waals surface area contributed by atoms with Crippen molar-refractivity contribution in [2.45, 2.75) is 39.2 Å². The second-order valence-electron chi connectivity index (χ2n) is 7.84. The highest BCUT2D eigenvalue weighted by Crippen LogP contribution is 2.29. The molecule has 0 radical (unpaired) electrons. The number of hydrogen-bond donors (Lipinski definition) is 0. The summed E-state index contributed by atoms with van der Waals surface area (Å²) in [7, 11) is 2.16. The third kappa shape index (κ3) is 4.60. The van der Waals surface area contributed by atoms with E-state index in [4.69, 9.17) is 6.57 Å². The Morgan fingerprint density at radius 1 is 1.15 bits per heavy atom. The molecule has 0 aromatic heterocycles. The molecule has 0 spiro atoms. The van der Waals surface area contributed by atoms with Gasteiger partial charge >= 0.3 is 0 Å². The molecule has 0 amide bonds. The van der Waals surface area contributed by atoms with E-state index in [0.717, 1.165) is 32.4 Å². The van der Waals surface area contributed by atoms with Crippen molar-refractivity contribution in [3.05, 3.63) is 65.3 Å². The number of nitrogens with zero attached hydrogens (tertiary/aromatic N) is 3. The van der Waals surface area contributed by atoms with Gasteiger partial charge in [0.1, 0.15) is 5.82 Å². The van der Waals surface area contributed by atoms with E-state index in [1.165, 1.54) is 17.3 Å². The van der Waals surface area contributed by atoms with Crippen molar-refractivity contribution in [3.8, 4) is 0 Å². The first kappa shape index (κ1) is 19.2. The van der Waals surface area contributed by atoms with Crippen LogP contribution in [0.15, 0.2) is 42.5 Å². The van der Waals surface area contributed by atoms with Gasteiger partial charge in [0.05, 0.1) is 12.3 Å². The summed E-state index contributed by atoms with van der Waals surface area (Å²) >= 11 is 0. The summed E-state index contributed by atoms with van der Waals surface area (Å²) in [5, 5.41) is 0. The van der Waals surface area contributed by atoms with Crippen molar-refractivity contribution in [1.29, 1.82) is 0 Å². The number of hydrogen-bond acceptors (Lipinski definition) is 2. The fourth-order valence-corrected chi connectivity index (χ4v) is 3.87. The van der Waals surface area contributed by atoms with E-state index in [1.807, 2.05) is 0 Å². The molecule has 2 aromatic rings. The first-order valence-electron chi connectivity index (χ1n) is 9.71. The van der Waals surface area contributed by atoms with Crippen LogP contribution >= 0.6 is 0 Å². The monoisotopic (exact) mass is 365 g/mol. The summed E-state index contributed by atoms with van der Waals surface area (Å²) in [4.78, 5) is 7.75. The second-order valence-corrected chi connectivity index (χ2v) is 7.84. The predicted molar refractivity (Wildman–Crippen MR) is 111 cm³/mol. The lowest BCUT2D eigenvalue weighted by atomic mass is 10.0. The Hall–Kier alpha value is -2.54. The van der Waals surface area contributed by atoms with E-state index < -0.39 is 0 Å². The Labute approximate surface area is 162 Å². The molecule has 3 rings (SSSR count). The highest BCUT2D eigenvalue weighted by Gasteiger charge is 2.24. The van der Waals surface area contributed by atoms with E-state index >= 15 is 0 Å². The van der Waals surface area contributed by atoms with Crippen LogP contribution in [0.3, 0.4) is 0 Å². The maximum Gasteiger partial charge on any atom is 0.190 e. The first-order valence-corrected chi connectivity index (χ1v) is 9.71. The fraction of sp³-hybridized carbons (Fsp3) is 0.435. The second kappa shape index (κ2) is 8.43. The molecular weight excluding hydrogens is 337 g/mol. The van der Waals surface area contributed by atoms with Crippen LogP contribution in [-0.2, 0) is 6.42 Å². The molecule has 2 aromatic carbocycles. The molecule has 1 saturated heterocycles. The van der Waals surface area contributed by atoms with Crippen LogP contribution in [0.1, 0.15) is 32.3 Å². The molecule has 1 heterocycles. The van der Waals surface area contributed by atoms with Crippen molar-refractivity contribution in [2.75, 3.05) is 29.9 Å². The van der Waals surface area contributed by atoms with Crippen molar-refractivity contribution in [1.82, 2.24) is 0 Å². The van der Waals surface area contributed by atoms with Crippen LogP contribution in [0, 0.1) is 18.3 Å². The van der Waals surface area contributed by atoms with Crippen LogP contribution < -0.4 is 9.80 Å². The zero-order chi connectivity index (χ0) is 19.4. The van der Waals surface area contributed by atoms with Gasteiger partial charge in [-0.3, -0.25) is 0 Å². The Balaban J connectivity index is 1.61. The van der Waals surface area contributed by atoms with Gasteiger partial charge in [-0.15, -0.1) is 0 Å². The summed E-state index contributed by atoms with van der Waals surface area (Å²) < 4.78 is 14.3. The van der Waals surface area contributed by atoms with Gasteiger partial charge in [0, 0.05) is 31.9 Å². The lowest BCUT2D eigenvalue weighted by Gasteiger charge is -2.39. The number of anilines is 2. The molecule has 1 aliphatic rings. The highest BCUT2D eigenvalue weighted by atomic mass is 19.1. The molecule has 1 aliphatic heterocycles. The van der Waals surface area contributed by atoms with Crippen molar-refractivity contribution in [3.63, 3.8) is 0 Å². The van der Waals surface area contributed by atoms with Gasteiger partial charge in [-0.2, -0.15) is 0 Å². The van der Waals surface area contributed by atoms with Crippen molar-refractivity contribution < 1.29 is 4.39 Å². The zero-order valence-corrected chi connectivity index (χ0v) is 16.5. The van der Waals surface area contributed by atoms with Crippen LogP contribution in [0.5, 0.6) is 0 Å². The van der Waals surface area contributed by atoms with Crippen LogP contribution in [-0.4, -0.2) is 26.2 Å². The van der Waals surface area contributed by atoms with Gasteiger partial charge in [0.2, 0.25) is 0 Å². The van der Waals surface area contributed by atoms with Crippen LogP contribution in [0.25, 0.3) is 4.85 Å². The molecule has 3 nitrogen and oxygen atoms in total. The quantitative estimate of drug-likeness (QED) is 0.631. The Morgan fingerprint density at radius 2 is 1.81 bits per heavy atom. The molecule has 0 unspecified atom stereocenters. The van der Waals surface area contributed by atoms with Gasteiger partial charge < -0.3 is 9.80 Å². The van der Waals surface area contributed by atoms with E-state index in [-0.39, 0.29) is 5.82 Å². The number of rotatable bonds is 5. The average molecular weight is 365 g/mol. The minimum absolute atomic E-state index is 0.295. The van der Waals surface area contributed by atoms with Crippen molar-refractivity contribution in [2.24, 2.45) is 5.92 Å². The standard InChI is InChI=1S/C23H28FN3/c1-17(2)15-18-5-8-20(9-6-18)26(4)21-11-13-27(14-12-21)23-10-7-19(25-3)16-22(23)24/h5-10,16-17,21H,11-15H2,1-2,4H3. The minimum Gasteiger partial charge on any atom is -0.371 e. The SMILES string of the molecule is [C-]#[N+]c1ccc(N2CCC(N(C)c3ccc(CC(C)C)cc3)CC2)c(F)c1. The molecule has 142 valence electrons. The van der Waals surface area contributed by atoms with E-state index in [9.17, 15) is 4.39 Å². The van der Waals surface area contributed by atoms with Gasteiger partial charge in [-0.1, -0.05) is 32.0 Å². The molecule has 1 fully saturated rings. The Bertz CT molecular complexity index is 799. The molecule has 0 atom stereocenters. The lowest BCUT2D eigenvalue weighted by Crippen LogP contribution is -2.43. The molecule has 0 bridgehead atoms. The highest BCUT2D eigenvalue weighted by molar-refractivity contribution is 5.57. The molecule has 0 aliphatic carbocycles. The predicted octanol–water partition coefficient (Wildman–Crippen LogP) is 5.68. The average Bonchev–Trinajstić information content (AvgIpc) is 2.67. The maximum absolute atomic E-state index is 14.3. The van der Waals surface area contributed by atoms with Gasteiger partial charge in [-0.25, -0.2) is 9.24 Å². The van der Waals surface area contributed by atoms with E-state index in [2.05, 4.69) is 59.8 Å². The fourth-order valence-electron chi connectivity index (χ4n) is 3.87. The first-order chi connectivity index (χ1) is 13.0. The summed E-state index contributed by atoms with van der Waals surface area (Å²) in [5.41, 5.74) is 3.59. The molecule has 0 N–H and O–H groups in total. The van der Waals surface area contributed by atoms with Crippen LogP contribution in [0.4, 0.5) is 21.5 Å². The van der Waals surface area contributed by atoms with E-state index in [1.54, 1.807) is 12.1 Å². The normalized spacial score (nSPS) is 15.0. The zero-order valence-electron chi connectivity index (χ0n) is 16.5. The number of halogens is 1. The largest absolute Gasteiger partial charge is 0.371 e.